The molecular formula is C14H16N2O3. The first kappa shape index (κ1) is 12.2. The summed E-state index contributed by atoms with van der Waals surface area (Å²) >= 11 is 0. The highest BCUT2D eigenvalue weighted by molar-refractivity contribution is 5.94. The summed E-state index contributed by atoms with van der Waals surface area (Å²) in [5.74, 6) is -0.326. The number of rotatable bonds is 3. The van der Waals surface area contributed by atoms with Gasteiger partial charge in [-0.25, -0.2) is 4.79 Å². The molecule has 3 rings (SSSR count). The van der Waals surface area contributed by atoms with Crippen molar-refractivity contribution in [2.45, 2.75) is 13.5 Å². The topological polar surface area (TPSA) is 53.3 Å². The number of carbonyl (C=O) groups is 1. The third-order valence-electron chi connectivity index (χ3n) is 3.50. The fourth-order valence-electron chi connectivity index (χ4n) is 2.34. The highest BCUT2D eigenvalue weighted by Gasteiger charge is 2.34. The molecule has 5 nitrogen and oxygen atoms in total. The van der Waals surface area contributed by atoms with E-state index in [-0.39, 0.29) is 11.4 Å². The zero-order chi connectivity index (χ0) is 13.5. The van der Waals surface area contributed by atoms with Crippen molar-refractivity contribution in [2.75, 3.05) is 20.3 Å². The van der Waals surface area contributed by atoms with Crippen LogP contribution in [-0.2, 0) is 16.0 Å². The lowest BCUT2D eigenvalue weighted by Gasteiger charge is -2.37. The summed E-state index contributed by atoms with van der Waals surface area (Å²) in [5.41, 5.74) is 1.64. The summed E-state index contributed by atoms with van der Waals surface area (Å²) in [4.78, 5) is 11.6. The highest BCUT2D eigenvalue weighted by Crippen LogP contribution is 2.29. The van der Waals surface area contributed by atoms with Gasteiger partial charge in [-0.15, -0.1) is 0 Å². The molecule has 0 amide bonds. The molecule has 0 aliphatic carbocycles. The molecule has 19 heavy (non-hydrogen) atoms. The van der Waals surface area contributed by atoms with E-state index in [0.717, 1.165) is 30.7 Å². The van der Waals surface area contributed by atoms with Gasteiger partial charge in [0.15, 0.2) is 0 Å². The first-order valence-corrected chi connectivity index (χ1v) is 6.23. The number of fused-ring (bicyclic) bond motifs is 1. The van der Waals surface area contributed by atoms with Crippen LogP contribution in [0.2, 0.25) is 0 Å². The minimum Gasteiger partial charge on any atom is -0.465 e. The molecule has 0 unspecified atom stereocenters. The van der Waals surface area contributed by atoms with Gasteiger partial charge in [-0.05, 0) is 12.1 Å². The fourth-order valence-corrected chi connectivity index (χ4v) is 2.34. The number of ether oxygens (including phenoxy) is 2. The van der Waals surface area contributed by atoms with Crippen LogP contribution in [0.1, 0.15) is 17.3 Å². The Labute approximate surface area is 111 Å². The van der Waals surface area contributed by atoms with E-state index in [4.69, 9.17) is 9.47 Å². The molecule has 1 saturated heterocycles. The number of carbonyl (C=O) groups excluding carboxylic acids is 1. The average Bonchev–Trinajstić information content (AvgIpc) is 2.78. The van der Waals surface area contributed by atoms with E-state index >= 15 is 0 Å². The largest absolute Gasteiger partial charge is 0.465 e. The van der Waals surface area contributed by atoms with Crippen LogP contribution in [0.15, 0.2) is 24.4 Å². The van der Waals surface area contributed by atoms with E-state index in [0.29, 0.717) is 5.56 Å². The number of esters is 1. The van der Waals surface area contributed by atoms with Gasteiger partial charge >= 0.3 is 5.97 Å². The molecule has 0 atom stereocenters. The fraction of sp³-hybridized carbons (Fsp3) is 0.429. The van der Waals surface area contributed by atoms with Gasteiger partial charge in [-0.1, -0.05) is 13.0 Å². The van der Waals surface area contributed by atoms with Crippen molar-refractivity contribution in [3.8, 4) is 0 Å². The zero-order valence-electron chi connectivity index (χ0n) is 11.0. The molecule has 0 saturated carbocycles. The molecule has 5 heteroatoms. The maximum Gasteiger partial charge on any atom is 0.337 e. The molecule has 1 aliphatic heterocycles. The summed E-state index contributed by atoms with van der Waals surface area (Å²) in [6.45, 7) is 4.48. The number of aromatic nitrogens is 2. The third kappa shape index (κ3) is 2.10. The van der Waals surface area contributed by atoms with Crippen molar-refractivity contribution >= 4 is 16.9 Å². The van der Waals surface area contributed by atoms with Gasteiger partial charge < -0.3 is 9.47 Å². The number of methoxy groups -OCH3 is 1. The minimum absolute atomic E-state index is 0.139. The molecule has 2 heterocycles. The Balaban J connectivity index is 1.98. The summed E-state index contributed by atoms with van der Waals surface area (Å²) in [6.07, 6.45) is 1.82. The number of nitrogens with zero attached hydrogens (tertiary/aromatic N) is 2. The van der Waals surface area contributed by atoms with Gasteiger partial charge in [0, 0.05) is 10.8 Å². The van der Waals surface area contributed by atoms with Gasteiger partial charge in [0.1, 0.15) is 0 Å². The maximum absolute atomic E-state index is 11.6. The predicted molar refractivity (Wildman–Crippen MR) is 70.0 cm³/mol. The molecule has 0 N–H and O–H groups in total. The van der Waals surface area contributed by atoms with E-state index in [1.807, 2.05) is 23.0 Å². The molecule has 2 aromatic rings. The van der Waals surface area contributed by atoms with E-state index in [1.54, 1.807) is 6.07 Å². The van der Waals surface area contributed by atoms with Crippen molar-refractivity contribution < 1.29 is 14.3 Å². The summed E-state index contributed by atoms with van der Waals surface area (Å²) in [7, 11) is 1.39. The lowest BCUT2D eigenvalue weighted by Crippen LogP contribution is -2.43. The second-order valence-electron chi connectivity index (χ2n) is 5.37. The first-order valence-electron chi connectivity index (χ1n) is 6.23. The van der Waals surface area contributed by atoms with Gasteiger partial charge in [0.2, 0.25) is 0 Å². The van der Waals surface area contributed by atoms with Crippen LogP contribution < -0.4 is 0 Å². The Morgan fingerprint density at radius 2 is 2.32 bits per heavy atom. The van der Waals surface area contributed by atoms with Crippen molar-refractivity contribution in [2.24, 2.45) is 5.41 Å². The van der Waals surface area contributed by atoms with Crippen molar-refractivity contribution in [3.05, 3.63) is 30.0 Å². The van der Waals surface area contributed by atoms with Gasteiger partial charge in [0.25, 0.3) is 0 Å². The Hall–Kier alpha value is -1.88. The van der Waals surface area contributed by atoms with Gasteiger partial charge in [-0.2, -0.15) is 5.10 Å². The van der Waals surface area contributed by atoms with Gasteiger partial charge in [-0.3, -0.25) is 4.68 Å². The second-order valence-corrected chi connectivity index (χ2v) is 5.37. The maximum atomic E-state index is 11.6. The van der Waals surface area contributed by atoms with E-state index < -0.39 is 0 Å². The van der Waals surface area contributed by atoms with Crippen LogP contribution in [0, 0.1) is 5.41 Å². The Morgan fingerprint density at radius 3 is 2.95 bits per heavy atom. The molecule has 100 valence electrons. The highest BCUT2D eigenvalue weighted by atomic mass is 16.5. The minimum atomic E-state index is -0.326. The van der Waals surface area contributed by atoms with Crippen LogP contribution in [0.5, 0.6) is 0 Å². The molecule has 1 aliphatic rings. The first-order chi connectivity index (χ1) is 9.11. The van der Waals surface area contributed by atoms with E-state index in [2.05, 4.69) is 12.0 Å². The second kappa shape index (κ2) is 4.35. The summed E-state index contributed by atoms with van der Waals surface area (Å²) in [5, 5.41) is 5.42. The molecule has 1 aromatic carbocycles. The van der Waals surface area contributed by atoms with Crippen LogP contribution >= 0.6 is 0 Å². The Kier molecular flexibility index (Phi) is 2.78. The number of benzene rings is 1. The standard InChI is InChI=1S/C14H16N2O3/c1-14(8-19-9-14)7-16-12-5-10(13(17)18-2)3-4-11(12)6-15-16/h3-6H,7-9H2,1-2H3. The zero-order valence-corrected chi connectivity index (χ0v) is 11.0. The van der Waals surface area contributed by atoms with Crippen LogP contribution in [-0.4, -0.2) is 36.1 Å². The molecule has 0 radical (unpaired) electrons. The monoisotopic (exact) mass is 260 g/mol. The lowest BCUT2D eigenvalue weighted by atomic mass is 9.89. The molecule has 1 aromatic heterocycles. The normalized spacial score (nSPS) is 17.2. The van der Waals surface area contributed by atoms with Crippen LogP contribution in [0.4, 0.5) is 0 Å². The quantitative estimate of drug-likeness (QED) is 0.790. The van der Waals surface area contributed by atoms with E-state index in [1.165, 1.54) is 7.11 Å². The van der Waals surface area contributed by atoms with Gasteiger partial charge in [0.05, 0.1) is 44.1 Å². The Morgan fingerprint density at radius 1 is 1.53 bits per heavy atom. The molecule has 0 bridgehead atoms. The third-order valence-corrected chi connectivity index (χ3v) is 3.50. The van der Waals surface area contributed by atoms with Crippen molar-refractivity contribution in [1.29, 1.82) is 0 Å². The average molecular weight is 260 g/mol. The molecule has 1 fully saturated rings. The predicted octanol–water partition coefficient (Wildman–Crippen LogP) is 1.86. The number of hydrogen-bond donors (Lipinski definition) is 0. The molecular weight excluding hydrogens is 244 g/mol. The van der Waals surface area contributed by atoms with E-state index in [9.17, 15) is 4.79 Å². The molecule has 0 spiro atoms. The van der Waals surface area contributed by atoms with Crippen LogP contribution in [0.3, 0.4) is 0 Å². The number of hydrogen-bond acceptors (Lipinski definition) is 4. The van der Waals surface area contributed by atoms with Crippen LogP contribution in [0.25, 0.3) is 10.9 Å². The summed E-state index contributed by atoms with van der Waals surface area (Å²) < 4.78 is 11.9. The lowest BCUT2D eigenvalue weighted by molar-refractivity contribution is -0.111. The SMILES string of the molecule is COC(=O)c1ccc2cnn(CC3(C)COC3)c2c1. The smallest absolute Gasteiger partial charge is 0.337 e. The van der Waals surface area contributed by atoms with Crippen molar-refractivity contribution in [3.63, 3.8) is 0 Å². The van der Waals surface area contributed by atoms with Crippen molar-refractivity contribution in [1.82, 2.24) is 9.78 Å². The Bertz CT molecular complexity index is 629. The summed E-state index contributed by atoms with van der Waals surface area (Å²) in [6, 6.07) is 5.48.